The number of aromatic nitrogens is 2. The Hall–Kier alpha value is -12.0. The Balaban J connectivity index is 1.13. The third-order valence-electron chi connectivity index (χ3n) is 15.6. The number of hydrogen-bond donors (Lipinski definition) is 0. The van der Waals surface area contributed by atoms with Crippen LogP contribution in [0.1, 0.15) is 38.9 Å². The normalized spacial score (nSPS) is 11.5. The average Bonchev–Trinajstić information content (AvgIpc) is 1.74. The van der Waals surface area contributed by atoms with Crippen LogP contribution in [0.15, 0.2) is 224 Å². The van der Waals surface area contributed by atoms with Crippen LogP contribution in [0.5, 0.6) is 0 Å². The van der Waals surface area contributed by atoms with Crippen LogP contribution < -0.4 is 0 Å². The zero-order valence-corrected chi connectivity index (χ0v) is 44.8. The fraction of sp³-hybridized carbons (Fsp3) is 0.0274. The SMILES string of the molecule is N#Cc1cccc(-c2ccc3c(c2)c2cc(-c4cccc(C#N)c4)ccc2n3-c2cc(C#N)ccc2-c2ccc(-c3cc(C(F)(F)F)cc(C(F)(F)F)c3)cc2-n2c3ccc(-c4cccc(C#N)c4)cc3c3cc(-c4cccc(C#N)c4)ccc32)c1. The van der Waals surface area contributed by atoms with E-state index >= 15 is 0 Å². The molecule has 0 aliphatic heterocycles. The maximum Gasteiger partial charge on any atom is 0.416 e. The molecule has 13 aromatic rings. The largest absolute Gasteiger partial charge is 0.416 e. The number of halogens is 6. The number of fused-ring (bicyclic) bond motifs is 6. The van der Waals surface area contributed by atoms with Gasteiger partial charge >= 0.3 is 12.4 Å². The van der Waals surface area contributed by atoms with Crippen LogP contribution in [0.4, 0.5) is 26.3 Å². The third-order valence-corrected chi connectivity index (χ3v) is 15.6. The first-order valence-corrected chi connectivity index (χ1v) is 26.8. The van der Waals surface area contributed by atoms with Gasteiger partial charge in [0.25, 0.3) is 0 Å². The molecule has 0 fully saturated rings. The van der Waals surface area contributed by atoms with Gasteiger partial charge in [-0.25, -0.2) is 0 Å². The van der Waals surface area contributed by atoms with Gasteiger partial charge in [0.2, 0.25) is 0 Å². The van der Waals surface area contributed by atoms with Gasteiger partial charge in [-0.1, -0.05) is 91.0 Å². The van der Waals surface area contributed by atoms with E-state index in [0.29, 0.717) is 89.7 Å². The summed E-state index contributed by atoms with van der Waals surface area (Å²) in [6.45, 7) is 0. The number of benzene rings is 11. The lowest BCUT2D eigenvalue weighted by atomic mass is 9.94. The standard InChI is InChI=1S/C73H37F6N7/c74-72(75,76)58-30-57(31-59(37-58)73(77,78)79)56-14-20-61(71(36-56)86-68-23-17-54(50-11-3-7-45(27-50)40-82)34-64(68)65-35-55(18-24-69(65)86)51-12-4-8-46(28-51)41-83)60-19-13-47(42-84)29-70(60)85-66-21-15-52(48-9-1-5-43(25-48)38-80)32-62(66)63-33-53(16-22-67(63)85)49-10-2-6-44(26-49)39-81/h1-37H. The van der Waals surface area contributed by atoms with Crippen molar-refractivity contribution in [3.63, 3.8) is 0 Å². The second kappa shape index (κ2) is 20.8. The molecule has 0 aliphatic carbocycles. The van der Waals surface area contributed by atoms with Crippen molar-refractivity contribution in [2.45, 2.75) is 12.4 Å². The first kappa shape index (κ1) is 53.4. The first-order chi connectivity index (χ1) is 41.6. The van der Waals surface area contributed by atoms with E-state index in [0.717, 1.165) is 55.3 Å². The summed E-state index contributed by atoms with van der Waals surface area (Å²) >= 11 is 0. The van der Waals surface area contributed by atoms with Crippen LogP contribution in [-0.2, 0) is 12.4 Å². The van der Waals surface area contributed by atoms with Crippen molar-refractivity contribution in [1.29, 1.82) is 26.3 Å². The van der Waals surface area contributed by atoms with E-state index in [2.05, 4.69) is 30.3 Å². The summed E-state index contributed by atoms with van der Waals surface area (Å²) in [7, 11) is 0. The molecule has 0 aliphatic rings. The quantitative estimate of drug-likeness (QED) is 0.140. The van der Waals surface area contributed by atoms with Crippen LogP contribution in [0.2, 0.25) is 0 Å². The predicted octanol–water partition coefficient (Wildman–Crippen LogP) is 19.3. The minimum absolute atomic E-state index is 0.0401. The zero-order chi connectivity index (χ0) is 59.6. The zero-order valence-electron chi connectivity index (χ0n) is 44.8. The van der Waals surface area contributed by atoms with Crippen molar-refractivity contribution in [3.8, 4) is 108 Å². The Kier molecular flexibility index (Phi) is 12.9. The lowest BCUT2D eigenvalue weighted by Gasteiger charge is -2.21. The molecule has 0 spiro atoms. The van der Waals surface area contributed by atoms with Gasteiger partial charge in [0, 0.05) is 32.7 Å². The molecule has 0 amide bonds. The van der Waals surface area contributed by atoms with E-state index in [1.54, 1.807) is 91.0 Å². The average molecular weight is 1130 g/mol. The monoisotopic (exact) mass is 1130 g/mol. The van der Waals surface area contributed by atoms with Crippen molar-refractivity contribution < 1.29 is 26.3 Å². The molecule has 0 unspecified atom stereocenters. The molecule has 0 radical (unpaired) electrons. The fourth-order valence-corrected chi connectivity index (χ4v) is 11.6. The van der Waals surface area contributed by atoms with Gasteiger partial charge in [-0.3, -0.25) is 0 Å². The molecule has 13 heteroatoms. The molecule has 7 nitrogen and oxygen atoms in total. The Morgan fingerprint density at radius 1 is 0.256 bits per heavy atom. The number of rotatable bonds is 8. The molecular weight excluding hydrogens is 1090 g/mol. The molecule has 0 saturated carbocycles. The first-order valence-electron chi connectivity index (χ1n) is 26.8. The molecule has 86 heavy (non-hydrogen) atoms. The molecule has 11 aromatic carbocycles. The number of nitrogens with zero attached hydrogens (tertiary/aromatic N) is 7. The van der Waals surface area contributed by atoms with E-state index in [-0.39, 0.29) is 22.8 Å². The molecule has 0 saturated heterocycles. The fourth-order valence-electron chi connectivity index (χ4n) is 11.6. The van der Waals surface area contributed by atoms with Crippen molar-refractivity contribution in [2.24, 2.45) is 0 Å². The number of hydrogen-bond acceptors (Lipinski definition) is 5. The summed E-state index contributed by atoms with van der Waals surface area (Å²) in [5.41, 5.74) is 9.57. The van der Waals surface area contributed by atoms with Crippen molar-refractivity contribution in [2.75, 3.05) is 0 Å². The third kappa shape index (κ3) is 9.46. The van der Waals surface area contributed by atoms with Crippen LogP contribution >= 0.6 is 0 Å². The van der Waals surface area contributed by atoms with E-state index in [1.165, 1.54) is 6.07 Å². The second-order valence-corrected chi connectivity index (χ2v) is 20.7. The molecule has 2 heterocycles. The lowest BCUT2D eigenvalue weighted by Crippen LogP contribution is -2.11. The van der Waals surface area contributed by atoms with E-state index < -0.39 is 23.5 Å². The topological polar surface area (TPSA) is 129 Å². The minimum atomic E-state index is -5.14. The highest BCUT2D eigenvalue weighted by Gasteiger charge is 2.37. The van der Waals surface area contributed by atoms with Gasteiger partial charge in [0.15, 0.2) is 0 Å². The Morgan fingerprint density at radius 2 is 0.535 bits per heavy atom. The maximum absolute atomic E-state index is 14.7. The Labute approximate surface area is 487 Å². The highest BCUT2D eigenvalue weighted by Crippen LogP contribution is 2.46. The summed E-state index contributed by atoms with van der Waals surface area (Å²) in [4.78, 5) is 0. The summed E-state index contributed by atoms with van der Waals surface area (Å²) in [5, 5.41) is 53.2. The van der Waals surface area contributed by atoms with Gasteiger partial charge in [0.1, 0.15) is 0 Å². The van der Waals surface area contributed by atoms with E-state index in [9.17, 15) is 52.7 Å². The van der Waals surface area contributed by atoms with Crippen molar-refractivity contribution in [3.05, 3.63) is 263 Å². The van der Waals surface area contributed by atoms with Crippen LogP contribution in [0.3, 0.4) is 0 Å². The van der Waals surface area contributed by atoms with E-state index in [1.807, 2.05) is 118 Å². The molecule has 406 valence electrons. The van der Waals surface area contributed by atoms with Crippen LogP contribution in [-0.4, -0.2) is 9.13 Å². The number of nitriles is 5. The van der Waals surface area contributed by atoms with Crippen molar-refractivity contribution >= 4 is 43.6 Å². The second-order valence-electron chi connectivity index (χ2n) is 20.7. The van der Waals surface area contributed by atoms with Gasteiger partial charge < -0.3 is 9.13 Å². The molecule has 13 rings (SSSR count). The van der Waals surface area contributed by atoms with Crippen LogP contribution in [0.25, 0.3) is 122 Å². The molecule has 0 bridgehead atoms. The van der Waals surface area contributed by atoms with Gasteiger partial charge in [-0.2, -0.15) is 52.7 Å². The highest BCUT2D eigenvalue weighted by molar-refractivity contribution is 6.14. The van der Waals surface area contributed by atoms with Gasteiger partial charge in [0.05, 0.1) is 103 Å². The lowest BCUT2D eigenvalue weighted by molar-refractivity contribution is -0.143. The Morgan fingerprint density at radius 3 is 0.860 bits per heavy atom. The molecular formula is C73H37F6N7. The summed E-state index contributed by atoms with van der Waals surface area (Å²) in [6, 6.07) is 74.8. The van der Waals surface area contributed by atoms with E-state index in [4.69, 9.17) is 0 Å². The highest BCUT2D eigenvalue weighted by atomic mass is 19.4. The molecule has 0 N–H and O–H groups in total. The number of alkyl halides is 6. The van der Waals surface area contributed by atoms with Gasteiger partial charge in [-0.15, -0.1) is 0 Å². The minimum Gasteiger partial charge on any atom is -0.309 e. The maximum atomic E-state index is 14.7. The van der Waals surface area contributed by atoms with Gasteiger partial charge in [-0.05, 0) is 189 Å². The smallest absolute Gasteiger partial charge is 0.309 e. The summed E-state index contributed by atoms with van der Waals surface area (Å²) in [6.07, 6.45) is -10.3. The predicted molar refractivity (Wildman–Crippen MR) is 321 cm³/mol. The van der Waals surface area contributed by atoms with Crippen LogP contribution in [0, 0.1) is 56.7 Å². The van der Waals surface area contributed by atoms with Crippen molar-refractivity contribution in [1.82, 2.24) is 9.13 Å². The molecule has 0 atom stereocenters. The summed E-state index contributed by atoms with van der Waals surface area (Å²) in [5.74, 6) is 0. The molecule has 2 aromatic heterocycles. The summed E-state index contributed by atoms with van der Waals surface area (Å²) < 4.78 is 92.0. The Bertz CT molecular complexity index is 4980.